The molecule has 0 aliphatic heterocycles. The first-order valence-corrected chi connectivity index (χ1v) is 10.1. The molecule has 2 heterocycles. The number of hydrogen-bond acceptors (Lipinski definition) is 5. The fourth-order valence-electron chi connectivity index (χ4n) is 3.26. The molecule has 3 aromatic rings. The van der Waals surface area contributed by atoms with E-state index in [1.165, 1.54) is 27.1 Å². The fraction of sp³-hybridized carbons (Fsp3) is 0.250. The number of aryl methyl sites for hydroxylation is 1. The van der Waals surface area contributed by atoms with Crippen LogP contribution in [-0.2, 0) is 19.6 Å². The zero-order chi connectivity index (χ0) is 19.5. The summed E-state index contributed by atoms with van der Waals surface area (Å²) in [7, 11) is 0. The molecule has 2 aromatic heterocycles. The molecule has 1 N–H and O–H groups in total. The largest absolute Gasteiger partial charge is 0.470 e. The lowest BCUT2D eigenvalue weighted by atomic mass is 9.96. The predicted molar refractivity (Wildman–Crippen MR) is 108 cm³/mol. The van der Waals surface area contributed by atoms with Gasteiger partial charge in [-0.3, -0.25) is 4.79 Å². The molecule has 0 saturated carbocycles. The average Bonchev–Trinajstić information content (AvgIpc) is 3.31. The minimum absolute atomic E-state index is 0.0472. The van der Waals surface area contributed by atoms with E-state index in [1.807, 2.05) is 12.1 Å². The molecule has 142 valence electrons. The van der Waals surface area contributed by atoms with Crippen molar-refractivity contribution in [1.82, 2.24) is 9.78 Å². The van der Waals surface area contributed by atoms with Gasteiger partial charge in [-0.25, -0.2) is 4.68 Å². The molecular weight excluding hydrogens is 396 g/mol. The van der Waals surface area contributed by atoms with Gasteiger partial charge in [0.25, 0.3) is 5.91 Å². The van der Waals surface area contributed by atoms with Crippen LogP contribution >= 0.6 is 22.9 Å². The number of rotatable bonds is 5. The number of halogens is 1. The quantitative estimate of drug-likeness (QED) is 0.662. The van der Waals surface area contributed by atoms with Gasteiger partial charge in [0.1, 0.15) is 22.5 Å². The summed E-state index contributed by atoms with van der Waals surface area (Å²) in [6.07, 6.45) is 5.60. The minimum atomic E-state index is -0.324. The molecule has 6 nitrogen and oxygen atoms in total. The van der Waals surface area contributed by atoms with Crippen LogP contribution in [0.5, 0.6) is 5.75 Å². The third kappa shape index (κ3) is 3.61. The summed E-state index contributed by atoms with van der Waals surface area (Å²) in [5.74, 6) is 0.194. The second-order valence-electron chi connectivity index (χ2n) is 6.40. The molecule has 0 radical (unpaired) electrons. The van der Waals surface area contributed by atoms with Gasteiger partial charge in [-0.2, -0.15) is 10.4 Å². The maximum atomic E-state index is 12.8. The van der Waals surface area contributed by atoms with Gasteiger partial charge >= 0.3 is 0 Å². The van der Waals surface area contributed by atoms with Crippen LogP contribution in [0.1, 0.15) is 39.3 Å². The lowest BCUT2D eigenvalue weighted by molar-refractivity contribution is 0.100. The van der Waals surface area contributed by atoms with E-state index in [4.69, 9.17) is 16.3 Å². The monoisotopic (exact) mass is 412 g/mol. The van der Waals surface area contributed by atoms with Crippen molar-refractivity contribution in [2.75, 3.05) is 5.32 Å². The van der Waals surface area contributed by atoms with Crippen molar-refractivity contribution < 1.29 is 9.53 Å². The summed E-state index contributed by atoms with van der Waals surface area (Å²) in [5, 5.41) is 17.7. The molecule has 1 amide bonds. The Balaban J connectivity index is 1.51. The van der Waals surface area contributed by atoms with Crippen LogP contribution in [0.15, 0.2) is 36.5 Å². The molecule has 0 saturated heterocycles. The average molecular weight is 413 g/mol. The Kier molecular flexibility index (Phi) is 5.33. The van der Waals surface area contributed by atoms with Crippen LogP contribution in [0.3, 0.4) is 0 Å². The number of aromatic nitrogens is 2. The SMILES string of the molecule is N#Cc1c(NC(=O)c2ccnn2COc2ccccc2Cl)sc2c1CCCC2. The molecule has 0 unspecified atom stereocenters. The number of amides is 1. The Labute approximate surface area is 171 Å². The first-order valence-electron chi connectivity index (χ1n) is 8.92. The number of carbonyl (C=O) groups excluding carboxylic acids is 1. The van der Waals surface area contributed by atoms with Crippen molar-refractivity contribution in [2.24, 2.45) is 0 Å². The Morgan fingerprint density at radius 2 is 2.14 bits per heavy atom. The maximum absolute atomic E-state index is 12.8. The number of hydrogen-bond donors (Lipinski definition) is 1. The highest BCUT2D eigenvalue weighted by atomic mass is 35.5. The first kappa shape index (κ1) is 18.5. The van der Waals surface area contributed by atoms with Gasteiger partial charge in [-0.05, 0) is 49.4 Å². The van der Waals surface area contributed by atoms with E-state index in [0.717, 1.165) is 31.2 Å². The first-order chi connectivity index (χ1) is 13.7. The number of anilines is 1. The highest BCUT2D eigenvalue weighted by Crippen LogP contribution is 2.37. The van der Waals surface area contributed by atoms with Gasteiger partial charge in [-0.15, -0.1) is 11.3 Å². The van der Waals surface area contributed by atoms with E-state index < -0.39 is 0 Å². The summed E-state index contributed by atoms with van der Waals surface area (Å²) in [5.41, 5.74) is 2.03. The molecule has 8 heteroatoms. The molecule has 1 aromatic carbocycles. The second kappa shape index (κ2) is 8.05. The number of nitrogens with one attached hydrogen (secondary N) is 1. The van der Waals surface area contributed by atoms with Crippen molar-refractivity contribution in [3.63, 3.8) is 0 Å². The van der Waals surface area contributed by atoms with Crippen LogP contribution in [0.25, 0.3) is 0 Å². The molecule has 0 bridgehead atoms. The van der Waals surface area contributed by atoms with E-state index in [-0.39, 0.29) is 12.6 Å². The lowest BCUT2D eigenvalue weighted by Gasteiger charge is -2.10. The van der Waals surface area contributed by atoms with Gasteiger partial charge in [-0.1, -0.05) is 23.7 Å². The number of benzene rings is 1. The third-order valence-electron chi connectivity index (χ3n) is 4.64. The Bertz CT molecular complexity index is 1070. The molecule has 0 spiro atoms. The smallest absolute Gasteiger partial charge is 0.274 e. The number of fused-ring (bicyclic) bond motifs is 1. The number of thiophene rings is 1. The summed E-state index contributed by atoms with van der Waals surface area (Å²) in [6.45, 7) is 0.0472. The maximum Gasteiger partial charge on any atom is 0.274 e. The van der Waals surface area contributed by atoms with Crippen LogP contribution in [0.2, 0.25) is 5.02 Å². The highest BCUT2D eigenvalue weighted by molar-refractivity contribution is 7.16. The van der Waals surface area contributed by atoms with E-state index in [0.29, 0.717) is 27.0 Å². The summed E-state index contributed by atoms with van der Waals surface area (Å²) >= 11 is 7.59. The Morgan fingerprint density at radius 3 is 2.96 bits per heavy atom. The standard InChI is InChI=1S/C20H17ClN4O2S/c21-15-6-2-3-7-17(15)27-12-25-16(9-10-23-25)19(26)24-20-14(11-22)13-5-1-4-8-18(13)28-20/h2-3,6-7,9-10H,1,4-5,8,12H2,(H,24,26). The van der Waals surface area contributed by atoms with Gasteiger partial charge in [0, 0.05) is 11.1 Å². The van der Waals surface area contributed by atoms with Crippen LogP contribution in [0.4, 0.5) is 5.00 Å². The molecule has 1 aliphatic carbocycles. The summed E-state index contributed by atoms with van der Waals surface area (Å²) < 4.78 is 7.13. The number of nitrogens with zero attached hydrogens (tertiary/aromatic N) is 3. The van der Waals surface area contributed by atoms with Gasteiger partial charge < -0.3 is 10.1 Å². The van der Waals surface area contributed by atoms with E-state index >= 15 is 0 Å². The van der Waals surface area contributed by atoms with Gasteiger partial charge in [0.2, 0.25) is 0 Å². The number of carbonyl (C=O) groups is 1. The van der Waals surface area contributed by atoms with E-state index in [2.05, 4.69) is 16.5 Å². The number of para-hydroxylation sites is 1. The van der Waals surface area contributed by atoms with Crippen molar-refractivity contribution in [1.29, 1.82) is 5.26 Å². The second-order valence-corrected chi connectivity index (χ2v) is 7.91. The van der Waals surface area contributed by atoms with Crippen LogP contribution < -0.4 is 10.1 Å². The Hall–Kier alpha value is -2.82. The summed E-state index contributed by atoms with van der Waals surface area (Å²) in [6, 6.07) is 11.0. The van der Waals surface area contributed by atoms with Crippen molar-refractivity contribution in [2.45, 2.75) is 32.4 Å². The molecule has 4 rings (SSSR count). The molecule has 0 fully saturated rings. The topological polar surface area (TPSA) is 79.9 Å². The van der Waals surface area contributed by atoms with Gasteiger partial charge in [0.05, 0.1) is 10.6 Å². The predicted octanol–water partition coefficient (Wildman–Crippen LogP) is 4.64. The van der Waals surface area contributed by atoms with Crippen LogP contribution in [0, 0.1) is 11.3 Å². The molecular formula is C20H17ClN4O2S. The Morgan fingerprint density at radius 1 is 1.32 bits per heavy atom. The molecule has 0 atom stereocenters. The van der Waals surface area contributed by atoms with Crippen LogP contribution in [-0.4, -0.2) is 15.7 Å². The zero-order valence-corrected chi connectivity index (χ0v) is 16.5. The van der Waals surface area contributed by atoms with Crippen molar-refractivity contribution in [3.8, 4) is 11.8 Å². The van der Waals surface area contributed by atoms with Crippen molar-refractivity contribution >= 4 is 33.8 Å². The zero-order valence-electron chi connectivity index (χ0n) is 14.9. The van der Waals surface area contributed by atoms with Crippen molar-refractivity contribution in [3.05, 3.63) is 63.2 Å². The lowest BCUT2D eigenvalue weighted by Crippen LogP contribution is -2.19. The molecule has 1 aliphatic rings. The fourth-order valence-corrected chi connectivity index (χ4v) is 4.69. The number of nitriles is 1. The highest BCUT2D eigenvalue weighted by Gasteiger charge is 2.23. The molecule has 28 heavy (non-hydrogen) atoms. The van der Waals surface area contributed by atoms with E-state index in [1.54, 1.807) is 18.2 Å². The normalized spacial score (nSPS) is 12.9. The number of ether oxygens (including phenoxy) is 1. The third-order valence-corrected chi connectivity index (χ3v) is 6.16. The van der Waals surface area contributed by atoms with Gasteiger partial charge in [0.15, 0.2) is 6.73 Å². The summed E-state index contributed by atoms with van der Waals surface area (Å²) in [4.78, 5) is 14.0. The minimum Gasteiger partial charge on any atom is -0.470 e. The van der Waals surface area contributed by atoms with E-state index in [9.17, 15) is 10.1 Å².